The first-order chi connectivity index (χ1) is 10.6. The Morgan fingerprint density at radius 3 is 2.39 bits per heavy atom. The number of carbonyl (C=O) groups is 1. The Morgan fingerprint density at radius 1 is 1.22 bits per heavy atom. The van der Waals surface area contributed by atoms with E-state index in [1.54, 1.807) is 0 Å². The minimum Gasteiger partial charge on any atom is -0.444 e. The van der Waals surface area contributed by atoms with Crippen LogP contribution in [0.15, 0.2) is 0 Å². The SMILES string of the molecule is CC(C)CC(CNC(=O)OC(C)(C)C)NC1CCC(C)CC1C. The van der Waals surface area contributed by atoms with E-state index in [9.17, 15) is 4.79 Å². The van der Waals surface area contributed by atoms with Crippen LogP contribution in [0.1, 0.15) is 74.1 Å². The zero-order valence-electron chi connectivity index (χ0n) is 16.2. The Hall–Kier alpha value is -0.770. The third kappa shape index (κ3) is 8.59. The molecule has 0 aliphatic heterocycles. The van der Waals surface area contributed by atoms with E-state index in [2.05, 4.69) is 38.3 Å². The van der Waals surface area contributed by atoms with Crippen LogP contribution < -0.4 is 10.6 Å². The molecule has 0 bridgehead atoms. The molecule has 0 radical (unpaired) electrons. The number of amides is 1. The first-order valence-corrected chi connectivity index (χ1v) is 9.29. The van der Waals surface area contributed by atoms with E-state index in [1.165, 1.54) is 19.3 Å². The molecule has 4 unspecified atom stereocenters. The highest BCUT2D eigenvalue weighted by Gasteiger charge is 2.27. The summed E-state index contributed by atoms with van der Waals surface area (Å²) in [4.78, 5) is 11.9. The van der Waals surface area contributed by atoms with Crippen molar-refractivity contribution in [3.05, 3.63) is 0 Å². The molecule has 1 fully saturated rings. The van der Waals surface area contributed by atoms with Crippen molar-refractivity contribution in [2.45, 2.75) is 91.8 Å². The lowest BCUT2D eigenvalue weighted by atomic mass is 9.79. The average Bonchev–Trinajstić information content (AvgIpc) is 2.36. The van der Waals surface area contributed by atoms with Crippen LogP contribution in [-0.4, -0.2) is 30.3 Å². The fraction of sp³-hybridized carbons (Fsp3) is 0.947. The average molecular weight is 327 g/mol. The molecular weight excluding hydrogens is 288 g/mol. The lowest BCUT2D eigenvalue weighted by molar-refractivity contribution is 0.0518. The summed E-state index contributed by atoms with van der Waals surface area (Å²) in [5.74, 6) is 2.15. The van der Waals surface area contributed by atoms with Crippen LogP contribution in [0.3, 0.4) is 0 Å². The highest BCUT2D eigenvalue weighted by molar-refractivity contribution is 5.67. The van der Waals surface area contributed by atoms with E-state index in [-0.39, 0.29) is 6.09 Å². The summed E-state index contributed by atoms with van der Waals surface area (Å²) >= 11 is 0. The predicted molar refractivity (Wildman–Crippen MR) is 96.6 cm³/mol. The summed E-state index contributed by atoms with van der Waals surface area (Å²) in [5.41, 5.74) is -0.445. The molecule has 1 aliphatic carbocycles. The van der Waals surface area contributed by atoms with Crippen LogP contribution in [0.4, 0.5) is 4.79 Å². The van der Waals surface area contributed by atoms with Crippen molar-refractivity contribution in [3.8, 4) is 0 Å². The van der Waals surface area contributed by atoms with Gasteiger partial charge in [0.1, 0.15) is 5.60 Å². The molecule has 0 aromatic heterocycles. The van der Waals surface area contributed by atoms with Crippen molar-refractivity contribution in [3.63, 3.8) is 0 Å². The summed E-state index contributed by atoms with van der Waals surface area (Å²) < 4.78 is 5.34. The van der Waals surface area contributed by atoms with Gasteiger partial charge in [-0.05, 0) is 64.2 Å². The van der Waals surface area contributed by atoms with E-state index in [0.29, 0.717) is 30.5 Å². The number of carbonyl (C=O) groups excluding carboxylic acids is 1. The number of alkyl carbamates (subject to hydrolysis) is 1. The molecule has 23 heavy (non-hydrogen) atoms. The van der Waals surface area contributed by atoms with Crippen molar-refractivity contribution < 1.29 is 9.53 Å². The minimum absolute atomic E-state index is 0.309. The molecule has 4 atom stereocenters. The van der Waals surface area contributed by atoms with Crippen molar-refractivity contribution >= 4 is 6.09 Å². The molecule has 1 rings (SSSR count). The van der Waals surface area contributed by atoms with Gasteiger partial charge in [0, 0.05) is 18.6 Å². The maximum atomic E-state index is 11.9. The van der Waals surface area contributed by atoms with Crippen molar-refractivity contribution in [2.24, 2.45) is 17.8 Å². The van der Waals surface area contributed by atoms with Crippen molar-refractivity contribution in [2.75, 3.05) is 6.54 Å². The monoisotopic (exact) mass is 326 g/mol. The molecular formula is C19H38N2O2. The molecule has 1 aliphatic rings. The molecule has 0 saturated heterocycles. The van der Waals surface area contributed by atoms with Gasteiger partial charge in [-0.3, -0.25) is 0 Å². The van der Waals surface area contributed by atoms with E-state index in [4.69, 9.17) is 4.74 Å². The zero-order chi connectivity index (χ0) is 17.6. The van der Waals surface area contributed by atoms with Crippen LogP contribution in [0.5, 0.6) is 0 Å². The number of hydrogen-bond acceptors (Lipinski definition) is 3. The predicted octanol–water partition coefficient (Wildman–Crippen LogP) is 4.34. The smallest absolute Gasteiger partial charge is 0.407 e. The van der Waals surface area contributed by atoms with Crippen LogP contribution in [-0.2, 0) is 4.74 Å². The number of nitrogens with one attached hydrogen (secondary N) is 2. The van der Waals surface area contributed by atoms with Gasteiger partial charge in [0.25, 0.3) is 0 Å². The highest BCUT2D eigenvalue weighted by Crippen LogP contribution is 2.29. The Labute approximate surface area is 143 Å². The normalized spacial score (nSPS) is 26.9. The van der Waals surface area contributed by atoms with E-state index >= 15 is 0 Å². The van der Waals surface area contributed by atoms with Crippen LogP contribution in [0.25, 0.3) is 0 Å². The molecule has 0 spiro atoms. The van der Waals surface area contributed by atoms with Crippen molar-refractivity contribution in [1.82, 2.24) is 10.6 Å². The largest absolute Gasteiger partial charge is 0.444 e. The van der Waals surface area contributed by atoms with E-state index in [0.717, 1.165) is 12.3 Å². The number of ether oxygens (including phenoxy) is 1. The van der Waals surface area contributed by atoms with E-state index in [1.807, 2.05) is 20.8 Å². The second-order valence-electron chi connectivity index (χ2n) is 8.88. The number of hydrogen-bond donors (Lipinski definition) is 2. The summed E-state index contributed by atoms with van der Waals surface area (Å²) in [5, 5.41) is 6.74. The maximum Gasteiger partial charge on any atom is 0.407 e. The van der Waals surface area contributed by atoms with Crippen LogP contribution >= 0.6 is 0 Å². The lowest BCUT2D eigenvalue weighted by Gasteiger charge is -2.36. The molecule has 4 heteroatoms. The first-order valence-electron chi connectivity index (χ1n) is 9.29. The quantitative estimate of drug-likeness (QED) is 0.763. The van der Waals surface area contributed by atoms with Gasteiger partial charge in [-0.15, -0.1) is 0 Å². The summed E-state index contributed by atoms with van der Waals surface area (Å²) in [6.07, 6.45) is 4.58. The second-order valence-corrected chi connectivity index (χ2v) is 8.88. The standard InChI is InChI=1S/C19H38N2O2/c1-13(2)10-16(12-20-18(22)23-19(5,6)7)21-17-9-8-14(3)11-15(17)4/h13-17,21H,8-12H2,1-7H3,(H,20,22). The van der Waals surface area contributed by atoms with Gasteiger partial charge in [0.05, 0.1) is 0 Å². The Morgan fingerprint density at radius 2 is 1.87 bits per heavy atom. The molecule has 0 aromatic carbocycles. The van der Waals surface area contributed by atoms with Gasteiger partial charge >= 0.3 is 6.09 Å². The number of rotatable bonds is 6. The molecule has 2 N–H and O–H groups in total. The summed E-state index contributed by atoms with van der Waals surface area (Å²) in [6, 6.07) is 0.874. The Kier molecular flexibility index (Phi) is 7.85. The topological polar surface area (TPSA) is 50.4 Å². The fourth-order valence-electron chi connectivity index (χ4n) is 3.52. The maximum absolute atomic E-state index is 11.9. The Balaban J connectivity index is 2.50. The summed E-state index contributed by atoms with van der Waals surface area (Å²) in [7, 11) is 0. The fourth-order valence-corrected chi connectivity index (χ4v) is 3.52. The minimum atomic E-state index is -0.445. The Bertz CT molecular complexity index is 363. The molecule has 4 nitrogen and oxygen atoms in total. The molecule has 1 amide bonds. The first kappa shape index (κ1) is 20.3. The van der Waals surface area contributed by atoms with E-state index < -0.39 is 5.60 Å². The van der Waals surface area contributed by atoms with Gasteiger partial charge in [0.2, 0.25) is 0 Å². The highest BCUT2D eigenvalue weighted by atomic mass is 16.6. The van der Waals surface area contributed by atoms with Crippen molar-refractivity contribution in [1.29, 1.82) is 0 Å². The van der Waals surface area contributed by atoms with Gasteiger partial charge < -0.3 is 15.4 Å². The van der Waals surface area contributed by atoms with Gasteiger partial charge in [-0.1, -0.05) is 27.7 Å². The van der Waals surface area contributed by atoms with Gasteiger partial charge in [-0.25, -0.2) is 4.79 Å². The molecule has 1 saturated carbocycles. The molecule has 136 valence electrons. The third-order valence-corrected chi connectivity index (χ3v) is 4.53. The third-order valence-electron chi connectivity index (χ3n) is 4.53. The zero-order valence-corrected chi connectivity index (χ0v) is 16.2. The van der Waals surface area contributed by atoms with Gasteiger partial charge in [0.15, 0.2) is 0 Å². The second kappa shape index (κ2) is 8.91. The van der Waals surface area contributed by atoms with Gasteiger partial charge in [-0.2, -0.15) is 0 Å². The summed E-state index contributed by atoms with van der Waals surface area (Å²) in [6.45, 7) is 15.5. The van der Waals surface area contributed by atoms with Crippen LogP contribution in [0.2, 0.25) is 0 Å². The molecule has 0 aromatic rings. The van der Waals surface area contributed by atoms with Crippen LogP contribution in [0, 0.1) is 17.8 Å². The molecule has 0 heterocycles. The lowest BCUT2D eigenvalue weighted by Crippen LogP contribution is -2.50.